The molecule has 1 unspecified atom stereocenters. The van der Waals surface area contributed by atoms with Crippen molar-refractivity contribution in [1.82, 2.24) is 4.98 Å². The maximum atomic E-state index is 14.9. The molecule has 0 fully saturated rings. The first-order valence-corrected chi connectivity index (χ1v) is 11.3. The summed E-state index contributed by atoms with van der Waals surface area (Å²) in [4.78, 5) is 20.9. The molecule has 1 N–H and O–H groups in total. The van der Waals surface area contributed by atoms with Gasteiger partial charge in [0.25, 0.3) is 0 Å². The molecule has 2 heterocycles. The summed E-state index contributed by atoms with van der Waals surface area (Å²) < 4.78 is 41.8. The van der Waals surface area contributed by atoms with E-state index in [9.17, 15) is 22.7 Å². The van der Waals surface area contributed by atoms with Crippen molar-refractivity contribution in [2.24, 2.45) is 4.99 Å². The summed E-state index contributed by atoms with van der Waals surface area (Å²) in [6.07, 6.45) is 2.92. The van der Waals surface area contributed by atoms with Gasteiger partial charge in [0.15, 0.2) is 0 Å². The second-order valence-electron chi connectivity index (χ2n) is 7.44. The van der Waals surface area contributed by atoms with E-state index in [1.165, 1.54) is 18.2 Å². The van der Waals surface area contributed by atoms with Gasteiger partial charge in [-0.3, -0.25) is 14.8 Å². The molecule has 0 saturated heterocycles. The molecule has 0 aliphatic carbocycles. The summed E-state index contributed by atoms with van der Waals surface area (Å²) in [5, 5.41) is 9.59. The molecule has 3 aromatic rings. The first-order chi connectivity index (χ1) is 15.2. The monoisotopic (exact) mass is 453 g/mol. The molecule has 0 bridgehead atoms. The molecule has 1 atom stereocenters. The van der Waals surface area contributed by atoms with E-state index < -0.39 is 39.0 Å². The number of rotatable bonds is 6. The highest BCUT2D eigenvalue weighted by Gasteiger charge is 2.29. The summed E-state index contributed by atoms with van der Waals surface area (Å²) in [5.74, 6) is -2.07. The van der Waals surface area contributed by atoms with E-state index in [1.807, 2.05) is 18.0 Å². The molecule has 32 heavy (non-hydrogen) atoms. The van der Waals surface area contributed by atoms with Crippen molar-refractivity contribution in [3.63, 3.8) is 0 Å². The number of hydrogen-bond donors (Lipinski definition) is 1. The largest absolute Gasteiger partial charge is 0.481 e. The van der Waals surface area contributed by atoms with Gasteiger partial charge in [0, 0.05) is 24.2 Å². The maximum absolute atomic E-state index is 14.9. The highest BCUT2D eigenvalue weighted by molar-refractivity contribution is 7.91. The van der Waals surface area contributed by atoms with Gasteiger partial charge in [0.05, 0.1) is 34.6 Å². The number of pyridine rings is 1. The molecule has 0 radical (unpaired) electrons. The predicted octanol–water partition coefficient (Wildman–Crippen LogP) is 2.47. The first kappa shape index (κ1) is 21.6. The highest BCUT2D eigenvalue weighted by atomic mass is 32.2. The second kappa shape index (κ2) is 8.16. The lowest BCUT2D eigenvalue weighted by molar-refractivity contribution is -0.135. The van der Waals surface area contributed by atoms with Crippen LogP contribution in [0.3, 0.4) is 0 Å². The van der Waals surface area contributed by atoms with E-state index in [4.69, 9.17) is 0 Å². The Morgan fingerprint density at radius 2 is 1.84 bits per heavy atom. The lowest BCUT2D eigenvalue weighted by atomic mass is 10.0. The summed E-state index contributed by atoms with van der Waals surface area (Å²) in [7, 11) is -2.45. The molecule has 7 nitrogen and oxygen atoms in total. The van der Waals surface area contributed by atoms with Crippen LogP contribution in [0.4, 0.5) is 15.8 Å². The number of sulfone groups is 1. The zero-order valence-corrected chi connectivity index (χ0v) is 18.2. The van der Waals surface area contributed by atoms with Crippen LogP contribution in [0.25, 0.3) is 5.57 Å². The third-order valence-electron chi connectivity index (χ3n) is 5.42. The fourth-order valence-corrected chi connectivity index (χ4v) is 5.35. The number of hydrogen-bond acceptors (Lipinski definition) is 6. The summed E-state index contributed by atoms with van der Waals surface area (Å²) in [6, 6.07) is 11.6. The minimum absolute atomic E-state index is 0.0523. The summed E-state index contributed by atoms with van der Waals surface area (Å²) in [5.41, 5.74) is 1.81. The number of carboxylic acid groups (broad SMARTS) is 1. The average molecular weight is 453 g/mol. The maximum Gasteiger partial charge on any atom is 0.307 e. The van der Waals surface area contributed by atoms with E-state index in [2.05, 4.69) is 9.98 Å². The number of nitrogens with zero attached hydrogens (tertiary/aromatic N) is 3. The number of carbonyl (C=O) groups is 1. The molecular formula is C23H20FN3O4S. The van der Waals surface area contributed by atoms with Crippen LogP contribution in [-0.4, -0.2) is 37.6 Å². The smallest absolute Gasteiger partial charge is 0.307 e. The van der Waals surface area contributed by atoms with Crippen LogP contribution in [0.1, 0.15) is 13.3 Å². The Labute approximate surface area is 184 Å². The van der Waals surface area contributed by atoms with Crippen LogP contribution in [0.5, 0.6) is 0 Å². The number of anilines is 2. The molecule has 2 aromatic carbocycles. The van der Waals surface area contributed by atoms with E-state index >= 15 is 0 Å². The molecule has 0 saturated carbocycles. The molecule has 1 aromatic heterocycles. The molecule has 164 valence electrons. The van der Waals surface area contributed by atoms with Gasteiger partial charge < -0.3 is 10.0 Å². The van der Waals surface area contributed by atoms with Crippen molar-refractivity contribution < 1.29 is 22.7 Å². The van der Waals surface area contributed by atoms with Crippen molar-refractivity contribution in [2.75, 3.05) is 11.9 Å². The van der Waals surface area contributed by atoms with Crippen molar-refractivity contribution in [1.29, 1.82) is 0 Å². The fraction of sp³-hybridized carbons (Fsp3) is 0.174. The minimum atomic E-state index is -4.27. The summed E-state index contributed by atoms with van der Waals surface area (Å²) >= 11 is 0. The van der Waals surface area contributed by atoms with E-state index in [1.54, 1.807) is 37.5 Å². The number of aromatic nitrogens is 1. The quantitative estimate of drug-likeness (QED) is 0.616. The van der Waals surface area contributed by atoms with Gasteiger partial charge >= 0.3 is 5.97 Å². The molecular weight excluding hydrogens is 433 g/mol. The molecule has 1 aliphatic rings. The lowest BCUT2D eigenvalue weighted by Gasteiger charge is -2.19. The standard InChI is InChI=1S/C23H20FN3O4S/c1-14-18(12-21(28)29)22-20(26-14)10-9-19(24)23(22)32(30,31)17-7-5-15(6-8-17)27(2)16-4-3-11-25-13-16/h3-11,13-14H,12H2,1-2H3,(H,28,29). The van der Waals surface area contributed by atoms with Crippen LogP contribution in [0, 0.1) is 5.82 Å². The van der Waals surface area contributed by atoms with E-state index in [0.29, 0.717) is 0 Å². The summed E-state index contributed by atoms with van der Waals surface area (Å²) in [6.45, 7) is 1.66. The van der Waals surface area contributed by atoms with Crippen molar-refractivity contribution in [2.45, 2.75) is 29.2 Å². The SMILES string of the molecule is CC1N=c2ccc(F)c(S(=O)(=O)c3ccc(N(C)c4cccnc4)cc3)c2=C1CC(=O)O. The predicted molar refractivity (Wildman–Crippen MR) is 116 cm³/mol. The second-order valence-corrected chi connectivity index (χ2v) is 9.33. The van der Waals surface area contributed by atoms with Crippen LogP contribution >= 0.6 is 0 Å². The minimum Gasteiger partial charge on any atom is -0.481 e. The molecule has 9 heteroatoms. The Bertz CT molecular complexity index is 1420. The molecule has 4 rings (SSSR count). The van der Waals surface area contributed by atoms with Crippen molar-refractivity contribution in [3.05, 3.63) is 77.3 Å². The van der Waals surface area contributed by atoms with Gasteiger partial charge in [-0.1, -0.05) is 0 Å². The third-order valence-corrected chi connectivity index (χ3v) is 7.25. The van der Waals surface area contributed by atoms with Gasteiger partial charge in [0.2, 0.25) is 9.84 Å². The van der Waals surface area contributed by atoms with E-state index in [0.717, 1.165) is 17.4 Å². The third kappa shape index (κ3) is 3.75. The zero-order valence-electron chi connectivity index (χ0n) is 17.4. The van der Waals surface area contributed by atoms with Crippen LogP contribution < -0.4 is 15.5 Å². The topological polar surface area (TPSA) is 99.9 Å². The van der Waals surface area contributed by atoms with Gasteiger partial charge in [-0.2, -0.15) is 0 Å². The Morgan fingerprint density at radius 3 is 2.47 bits per heavy atom. The normalized spacial score (nSPS) is 15.2. The van der Waals surface area contributed by atoms with Gasteiger partial charge in [-0.05, 0) is 61.0 Å². The van der Waals surface area contributed by atoms with Crippen molar-refractivity contribution >= 4 is 32.8 Å². The van der Waals surface area contributed by atoms with Crippen LogP contribution in [0.15, 0.2) is 75.7 Å². The number of halogens is 1. The first-order valence-electron chi connectivity index (χ1n) is 9.80. The lowest BCUT2D eigenvalue weighted by Crippen LogP contribution is -2.32. The number of carboxylic acids is 1. The Hall–Kier alpha value is -3.59. The number of benzene rings is 2. The van der Waals surface area contributed by atoms with Crippen LogP contribution in [0.2, 0.25) is 0 Å². The Kier molecular flexibility index (Phi) is 5.52. The zero-order chi connectivity index (χ0) is 23.0. The number of aliphatic carboxylic acids is 1. The molecule has 0 amide bonds. The average Bonchev–Trinajstić information content (AvgIpc) is 3.08. The molecule has 1 aliphatic heterocycles. The van der Waals surface area contributed by atoms with E-state index in [-0.39, 0.29) is 21.0 Å². The Morgan fingerprint density at radius 1 is 1.12 bits per heavy atom. The van der Waals surface area contributed by atoms with Crippen LogP contribution in [-0.2, 0) is 14.6 Å². The van der Waals surface area contributed by atoms with Crippen molar-refractivity contribution in [3.8, 4) is 0 Å². The van der Waals surface area contributed by atoms with Gasteiger partial charge in [-0.15, -0.1) is 0 Å². The highest BCUT2D eigenvalue weighted by Crippen LogP contribution is 2.27. The number of fused-ring (bicyclic) bond motifs is 1. The van der Waals surface area contributed by atoms with Gasteiger partial charge in [-0.25, -0.2) is 12.8 Å². The Balaban J connectivity index is 1.83. The van der Waals surface area contributed by atoms with Gasteiger partial charge in [0.1, 0.15) is 10.7 Å². The fourth-order valence-electron chi connectivity index (χ4n) is 3.79. The molecule has 0 spiro atoms.